The Morgan fingerprint density at radius 1 is 1.16 bits per heavy atom. The molecule has 2 heterocycles. The fourth-order valence-corrected chi connectivity index (χ4v) is 7.09. The molecular weight excluding hydrogens is 449 g/mol. The Morgan fingerprint density at radius 3 is 2.59 bits per heavy atom. The topological polar surface area (TPSA) is 71.7 Å². The van der Waals surface area contributed by atoms with Crippen molar-refractivity contribution in [2.24, 2.45) is 4.99 Å². The molecule has 1 aromatic heterocycles. The monoisotopic (exact) mass is 475 g/mol. The van der Waals surface area contributed by atoms with Crippen LogP contribution in [0.3, 0.4) is 0 Å². The van der Waals surface area contributed by atoms with Crippen LogP contribution < -0.4 is 4.80 Å². The summed E-state index contributed by atoms with van der Waals surface area (Å²) in [4.78, 5) is 17.6. The molecule has 1 aliphatic rings. The first-order valence-electron chi connectivity index (χ1n) is 10.9. The largest absolute Gasteiger partial charge is 0.314 e. The number of hydrogen-bond acceptors (Lipinski definition) is 4. The fourth-order valence-electron chi connectivity index (χ4n) is 4.22. The molecular formula is C23H26FN3O3S2. The van der Waals surface area contributed by atoms with Crippen molar-refractivity contribution in [2.45, 2.75) is 57.0 Å². The number of rotatable bonds is 5. The molecule has 0 bridgehead atoms. The molecule has 0 N–H and O–H groups in total. The van der Waals surface area contributed by atoms with Crippen LogP contribution in [0.5, 0.6) is 0 Å². The van der Waals surface area contributed by atoms with Gasteiger partial charge in [-0.3, -0.25) is 4.79 Å². The van der Waals surface area contributed by atoms with E-state index in [9.17, 15) is 17.6 Å². The first-order valence-corrected chi connectivity index (χ1v) is 13.1. The summed E-state index contributed by atoms with van der Waals surface area (Å²) in [5, 5.41) is 0. The molecule has 0 saturated carbocycles. The van der Waals surface area contributed by atoms with Crippen LogP contribution >= 0.6 is 11.3 Å². The van der Waals surface area contributed by atoms with Crippen LogP contribution in [0.25, 0.3) is 10.2 Å². The standard InChI is InChI=1S/C23H26FN3O3S2/c1-3-17-8-5-6-15-27(17)32(29,30)18-13-11-16(12-14-18)22(28)25-23-26(4-2)21-19(24)9-7-10-20(21)31-23/h7,9-14,17H,3-6,8,15H2,1-2H3. The molecule has 170 valence electrons. The van der Waals surface area contributed by atoms with Gasteiger partial charge in [-0.2, -0.15) is 9.30 Å². The molecule has 1 aliphatic heterocycles. The number of hydrogen-bond donors (Lipinski definition) is 0. The molecule has 1 atom stereocenters. The second kappa shape index (κ2) is 9.25. The van der Waals surface area contributed by atoms with Gasteiger partial charge in [0.25, 0.3) is 5.91 Å². The Bertz CT molecular complexity index is 1310. The molecule has 2 aromatic carbocycles. The van der Waals surface area contributed by atoms with Crippen LogP contribution in [0.2, 0.25) is 0 Å². The number of halogens is 1. The summed E-state index contributed by atoms with van der Waals surface area (Å²) in [6.45, 7) is 4.87. The van der Waals surface area contributed by atoms with E-state index in [1.54, 1.807) is 21.0 Å². The van der Waals surface area contributed by atoms with Gasteiger partial charge in [-0.05, 0) is 62.6 Å². The minimum atomic E-state index is -3.61. The van der Waals surface area contributed by atoms with E-state index in [4.69, 9.17) is 0 Å². The fraction of sp³-hybridized carbons (Fsp3) is 0.391. The van der Waals surface area contributed by atoms with Crippen molar-refractivity contribution in [3.63, 3.8) is 0 Å². The molecule has 0 aliphatic carbocycles. The van der Waals surface area contributed by atoms with E-state index in [0.29, 0.717) is 28.1 Å². The number of carbonyl (C=O) groups is 1. The molecule has 1 saturated heterocycles. The molecule has 32 heavy (non-hydrogen) atoms. The SMILES string of the molecule is CCC1CCCCN1S(=O)(=O)c1ccc(C(=O)N=c2sc3cccc(F)c3n2CC)cc1. The minimum absolute atomic E-state index is 0.0166. The van der Waals surface area contributed by atoms with Gasteiger partial charge in [0.05, 0.1) is 15.1 Å². The van der Waals surface area contributed by atoms with Gasteiger partial charge in [-0.15, -0.1) is 0 Å². The third-order valence-corrected chi connectivity index (χ3v) is 8.93. The van der Waals surface area contributed by atoms with Crippen molar-refractivity contribution >= 4 is 37.5 Å². The van der Waals surface area contributed by atoms with Crippen molar-refractivity contribution in [3.05, 3.63) is 58.6 Å². The number of carbonyl (C=O) groups excluding carboxylic acids is 1. The Hall–Kier alpha value is -2.36. The summed E-state index contributed by atoms with van der Waals surface area (Å²) in [5.41, 5.74) is 0.718. The number of fused-ring (bicyclic) bond motifs is 1. The maximum Gasteiger partial charge on any atom is 0.279 e. The van der Waals surface area contributed by atoms with Crippen molar-refractivity contribution in [2.75, 3.05) is 6.54 Å². The van der Waals surface area contributed by atoms with Crippen molar-refractivity contribution in [3.8, 4) is 0 Å². The third kappa shape index (κ3) is 4.16. The minimum Gasteiger partial charge on any atom is -0.314 e. The third-order valence-electron chi connectivity index (χ3n) is 5.92. The summed E-state index contributed by atoms with van der Waals surface area (Å²) in [7, 11) is -3.61. The molecule has 3 aromatic rings. The molecule has 1 amide bonds. The number of nitrogens with zero attached hydrogens (tertiary/aromatic N) is 3. The highest BCUT2D eigenvalue weighted by atomic mass is 32.2. The lowest BCUT2D eigenvalue weighted by Gasteiger charge is -2.34. The van der Waals surface area contributed by atoms with Gasteiger partial charge in [0.1, 0.15) is 5.82 Å². The highest BCUT2D eigenvalue weighted by Gasteiger charge is 2.32. The number of aryl methyl sites for hydroxylation is 1. The van der Waals surface area contributed by atoms with E-state index in [1.807, 2.05) is 13.8 Å². The molecule has 9 heteroatoms. The van der Waals surface area contributed by atoms with Gasteiger partial charge in [-0.1, -0.05) is 30.7 Å². The quantitative estimate of drug-likeness (QED) is 0.543. The van der Waals surface area contributed by atoms with Gasteiger partial charge in [0, 0.05) is 24.7 Å². The molecule has 0 spiro atoms. The van der Waals surface area contributed by atoms with Crippen LogP contribution in [0.1, 0.15) is 49.9 Å². The molecule has 6 nitrogen and oxygen atoms in total. The normalized spacial score (nSPS) is 18.3. The second-order valence-corrected chi connectivity index (χ2v) is 10.7. The van der Waals surface area contributed by atoms with Crippen LogP contribution in [0.4, 0.5) is 4.39 Å². The highest BCUT2D eigenvalue weighted by molar-refractivity contribution is 7.89. The zero-order chi connectivity index (χ0) is 22.9. The summed E-state index contributed by atoms with van der Waals surface area (Å²) in [5.74, 6) is -0.848. The number of thiazole rings is 1. The summed E-state index contributed by atoms with van der Waals surface area (Å²) in [6.07, 6.45) is 3.55. The predicted molar refractivity (Wildman–Crippen MR) is 124 cm³/mol. The van der Waals surface area contributed by atoms with Crippen LogP contribution in [-0.4, -0.2) is 35.8 Å². The van der Waals surface area contributed by atoms with E-state index in [0.717, 1.165) is 25.7 Å². The predicted octanol–water partition coefficient (Wildman–Crippen LogP) is 4.56. The van der Waals surface area contributed by atoms with Gasteiger partial charge >= 0.3 is 0 Å². The van der Waals surface area contributed by atoms with Crippen LogP contribution in [-0.2, 0) is 16.6 Å². The van der Waals surface area contributed by atoms with Crippen LogP contribution in [0.15, 0.2) is 52.4 Å². The molecule has 4 rings (SSSR count). The van der Waals surface area contributed by atoms with Gasteiger partial charge < -0.3 is 4.57 Å². The van der Waals surface area contributed by atoms with E-state index >= 15 is 0 Å². The molecule has 1 unspecified atom stereocenters. The average Bonchev–Trinajstić information content (AvgIpc) is 3.17. The van der Waals surface area contributed by atoms with E-state index in [1.165, 1.54) is 41.7 Å². The smallest absolute Gasteiger partial charge is 0.279 e. The first-order chi connectivity index (χ1) is 15.4. The van der Waals surface area contributed by atoms with Crippen molar-refractivity contribution in [1.29, 1.82) is 0 Å². The molecule has 1 fully saturated rings. The second-order valence-electron chi connectivity index (χ2n) is 7.83. The number of aromatic nitrogens is 1. The Morgan fingerprint density at radius 2 is 1.91 bits per heavy atom. The Balaban J connectivity index is 1.65. The number of para-hydroxylation sites is 1. The number of piperidine rings is 1. The van der Waals surface area contributed by atoms with Gasteiger partial charge in [0.2, 0.25) is 10.0 Å². The lowest BCUT2D eigenvalue weighted by Crippen LogP contribution is -2.43. The van der Waals surface area contributed by atoms with Crippen molar-refractivity contribution in [1.82, 2.24) is 8.87 Å². The zero-order valence-electron chi connectivity index (χ0n) is 18.1. The zero-order valence-corrected chi connectivity index (χ0v) is 19.8. The summed E-state index contributed by atoms with van der Waals surface area (Å²) < 4.78 is 44.5. The summed E-state index contributed by atoms with van der Waals surface area (Å²) >= 11 is 1.25. The van der Waals surface area contributed by atoms with Crippen LogP contribution in [0, 0.1) is 5.82 Å². The first kappa shape index (κ1) is 22.8. The lowest BCUT2D eigenvalue weighted by molar-refractivity contribution is 0.0997. The summed E-state index contributed by atoms with van der Waals surface area (Å²) in [6, 6.07) is 10.8. The van der Waals surface area contributed by atoms with E-state index in [-0.39, 0.29) is 22.3 Å². The average molecular weight is 476 g/mol. The Kier molecular flexibility index (Phi) is 6.60. The number of amides is 1. The van der Waals surface area contributed by atoms with Gasteiger partial charge in [0.15, 0.2) is 4.80 Å². The maximum absolute atomic E-state index is 14.3. The van der Waals surface area contributed by atoms with E-state index in [2.05, 4.69) is 4.99 Å². The number of benzene rings is 2. The maximum atomic E-state index is 14.3. The molecule has 0 radical (unpaired) electrons. The van der Waals surface area contributed by atoms with E-state index < -0.39 is 15.9 Å². The number of sulfonamides is 1. The lowest BCUT2D eigenvalue weighted by atomic mass is 10.0. The van der Waals surface area contributed by atoms with Crippen molar-refractivity contribution < 1.29 is 17.6 Å². The van der Waals surface area contributed by atoms with Gasteiger partial charge in [-0.25, -0.2) is 12.8 Å². The Labute approximate surface area is 191 Å². The highest BCUT2D eigenvalue weighted by Crippen LogP contribution is 2.27.